The van der Waals surface area contributed by atoms with Crippen LogP contribution in [-0.2, 0) is 9.53 Å². The molecule has 0 spiro atoms. The zero-order valence-corrected chi connectivity index (χ0v) is 20.4. The van der Waals surface area contributed by atoms with E-state index in [0.29, 0.717) is 38.3 Å². The predicted octanol–water partition coefficient (Wildman–Crippen LogP) is 4.71. The Kier molecular flexibility index (Phi) is 7.87. The number of ether oxygens (including phenoxy) is 2. The first kappa shape index (κ1) is 26.0. The van der Waals surface area contributed by atoms with Gasteiger partial charge in [-0.05, 0) is 57.2 Å². The van der Waals surface area contributed by atoms with Gasteiger partial charge < -0.3 is 24.3 Å². The summed E-state index contributed by atoms with van der Waals surface area (Å²) < 4.78 is 49.1. The van der Waals surface area contributed by atoms with Gasteiger partial charge in [0, 0.05) is 43.8 Å². The highest BCUT2D eigenvalue weighted by atomic mass is 19.4. The third kappa shape index (κ3) is 6.18. The molecule has 1 aromatic heterocycles. The first-order valence-electron chi connectivity index (χ1n) is 12.2. The topological polar surface area (TPSA) is 85.7 Å². The molecule has 1 aliphatic heterocycles. The van der Waals surface area contributed by atoms with Gasteiger partial charge in [0.25, 0.3) is 5.91 Å². The second-order valence-corrected chi connectivity index (χ2v) is 9.43. The Labute approximate surface area is 207 Å². The standard InChI is InChI=1S/C25H31F3N4O4/c1-16-22(32(15-29-16)19-9-11-35-12-10-19)30-23(33)17-5-3-7-20(13-17)31(2)24(34)18-6-4-8-21(14-18)36-25(26,27)28/h4,6,8,14-15,17,19-20H,3,5,7,9-13H2,1-2H3,(H,30,33)/t17-,20+/m0/s1. The van der Waals surface area contributed by atoms with Crippen molar-refractivity contribution in [1.82, 2.24) is 14.5 Å². The van der Waals surface area contributed by atoms with Gasteiger partial charge in [-0.15, -0.1) is 13.2 Å². The Morgan fingerprint density at radius 2 is 1.94 bits per heavy atom. The molecule has 11 heteroatoms. The number of hydrogen-bond donors (Lipinski definition) is 1. The zero-order valence-electron chi connectivity index (χ0n) is 20.4. The average Bonchev–Trinajstić information content (AvgIpc) is 3.22. The van der Waals surface area contributed by atoms with E-state index in [2.05, 4.69) is 15.0 Å². The number of rotatable bonds is 6. The molecule has 2 amide bonds. The van der Waals surface area contributed by atoms with E-state index in [-0.39, 0.29) is 29.5 Å². The SMILES string of the molecule is Cc1ncn(C2CCOCC2)c1NC(=O)[C@H]1CCC[C@@H](N(C)C(=O)c2cccc(OC(F)(F)F)c2)C1. The van der Waals surface area contributed by atoms with Gasteiger partial charge in [0.2, 0.25) is 5.91 Å². The molecule has 0 radical (unpaired) electrons. The molecule has 1 aliphatic carbocycles. The van der Waals surface area contributed by atoms with E-state index >= 15 is 0 Å². The second kappa shape index (κ2) is 10.9. The van der Waals surface area contributed by atoms with E-state index in [1.54, 1.807) is 13.4 Å². The summed E-state index contributed by atoms with van der Waals surface area (Å²) in [6.07, 6.45) is 1.27. The molecule has 2 fully saturated rings. The van der Waals surface area contributed by atoms with Crippen LogP contribution in [0.25, 0.3) is 0 Å². The van der Waals surface area contributed by atoms with Crippen molar-refractivity contribution in [3.05, 3.63) is 41.9 Å². The summed E-state index contributed by atoms with van der Waals surface area (Å²) in [7, 11) is 1.62. The lowest BCUT2D eigenvalue weighted by molar-refractivity contribution is -0.274. The van der Waals surface area contributed by atoms with Crippen molar-refractivity contribution in [2.45, 2.75) is 63.9 Å². The molecule has 1 saturated heterocycles. The smallest absolute Gasteiger partial charge is 0.406 e. The number of halogens is 3. The summed E-state index contributed by atoms with van der Waals surface area (Å²) in [4.78, 5) is 32.2. The van der Waals surface area contributed by atoms with E-state index in [1.807, 2.05) is 11.5 Å². The maximum Gasteiger partial charge on any atom is 0.573 e. The number of benzene rings is 1. The Morgan fingerprint density at radius 1 is 1.19 bits per heavy atom. The van der Waals surface area contributed by atoms with Crippen LogP contribution in [0.4, 0.5) is 19.0 Å². The van der Waals surface area contributed by atoms with Crippen LogP contribution >= 0.6 is 0 Å². The molecule has 36 heavy (non-hydrogen) atoms. The minimum Gasteiger partial charge on any atom is -0.406 e. The Hall–Kier alpha value is -3.08. The second-order valence-electron chi connectivity index (χ2n) is 9.43. The van der Waals surface area contributed by atoms with Crippen LogP contribution < -0.4 is 10.1 Å². The molecular weight excluding hydrogens is 477 g/mol. The summed E-state index contributed by atoms with van der Waals surface area (Å²) >= 11 is 0. The number of nitrogens with one attached hydrogen (secondary N) is 1. The number of carbonyl (C=O) groups is 2. The minimum atomic E-state index is -4.84. The van der Waals surface area contributed by atoms with E-state index in [0.717, 1.165) is 37.1 Å². The highest BCUT2D eigenvalue weighted by Crippen LogP contribution is 2.32. The van der Waals surface area contributed by atoms with E-state index in [1.165, 1.54) is 17.0 Å². The Balaban J connectivity index is 1.41. The zero-order chi connectivity index (χ0) is 25.9. The number of anilines is 1. The first-order chi connectivity index (χ1) is 17.1. The molecular formula is C25H31F3N4O4. The molecule has 2 aliphatic rings. The van der Waals surface area contributed by atoms with Gasteiger partial charge in [0.1, 0.15) is 11.6 Å². The maximum atomic E-state index is 13.2. The lowest BCUT2D eigenvalue weighted by atomic mass is 9.84. The Morgan fingerprint density at radius 3 is 2.67 bits per heavy atom. The summed E-state index contributed by atoms with van der Waals surface area (Å²) in [5.74, 6) is -0.574. The number of hydrogen-bond acceptors (Lipinski definition) is 5. The fourth-order valence-corrected chi connectivity index (χ4v) is 5.02. The van der Waals surface area contributed by atoms with Crippen molar-refractivity contribution in [2.24, 2.45) is 5.92 Å². The normalized spacial score (nSPS) is 21.1. The number of carbonyl (C=O) groups excluding carboxylic acids is 2. The largest absolute Gasteiger partial charge is 0.573 e. The maximum absolute atomic E-state index is 13.2. The van der Waals surface area contributed by atoms with Crippen LogP contribution in [0, 0.1) is 12.8 Å². The molecule has 1 N–H and O–H groups in total. The fourth-order valence-electron chi connectivity index (χ4n) is 5.02. The first-order valence-corrected chi connectivity index (χ1v) is 12.2. The predicted molar refractivity (Wildman–Crippen MR) is 126 cm³/mol. The molecule has 8 nitrogen and oxygen atoms in total. The summed E-state index contributed by atoms with van der Waals surface area (Å²) in [5.41, 5.74) is 0.845. The van der Waals surface area contributed by atoms with Crippen LogP contribution in [-0.4, -0.2) is 58.9 Å². The summed E-state index contributed by atoms with van der Waals surface area (Å²) in [6.45, 7) is 3.20. The monoisotopic (exact) mass is 508 g/mol. The third-order valence-electron chi connectivity index (χ3n) is 7.00. The molecule has 2 aromatic rings. The molecule has 1 saturated carbocycles. The van der Waals surface area contributed by atoms with Crippen LogP contribution in [0.1, 0.15) is 60.6 Å². The minimum absolute atomic E-state index is 0.0989. The highest BCUT2D eigenvalue weighted by molar-refractivity contribution is 5.95. The van der Waals surface area contributed by atoms with Crippen molar-refractivity contribution in [3.63, 3.8) is 0 Å². The fraction of sp³-hybridized carbons (Fsp3) is 0.560. The van der Waals surface area contributed by atoms with Crippen LogP contribution in [0.3, 0.4) is 0 Å². The average molecular weight is 509 g/mol. The molecule has 4 rings (SSSR count). The van der Waals surface area contributed by atoms with Crippen molar-refractivity contribution < 1.29 is 32.2 Å². The molecule has 2 heterocycles. The molecule has 0 bridgehead atoms. The Bertz CT molecular complexity index is 1080. The molecule has 2 atom stereocenters. The van der Waals surface area contributed by atoms with Gasteiger partial charge in [0.15, 0.2) is 0 Å². The number of amides is 2. The van der Waals surface area contributed by atoms with Crippen molar-refractivity contribution >= 4 is 17.6 Å². The summed E-state index contributed by atoms with van der Waals surface area (Å²) in [6, 6.07) is 5.04. The number of aryl methyl sites for hydroxylation is 1. The number of aromatic nitrogens is 2. The van der Waals surface area contributed by atoms with Gasteiger partial charge >= 0.3 is 6.36 Å². The van der Waals surface area contributed by atoms with Crippen molar-refractivity contribution in [2.75, 3.05) is 25.6 Å². The van der Waals surface area contributed by atoms with Crippen molar-refractivity contribution in [3.8, 4) is 5.75 Å². The third-order valence-corrected chi connectivity index (χ3v) is 7.00. The molecule has 196 valence electrons. The molecule has 1 aromatic carbocycles. The van der Waals surface area contributed by atoms with E-state index in [4.69, 9.17) is 4.74 Å². The highest BCUT2D eigenvalue weighted by Gasteiger charge is 2.34. The van der Waals surface area contributed by atoms with Crippen molar-refractivity contribution in [1.29, 1.82) is 0 Å². The van der Waals surface area contributed by atoms with Gasteiger partial charge in [0.05, 0.1) is 12.0 Å². The van der Waals surface area contributed by atoms with Gasteiger partial charge in [-0.2, -0.15) is 0 Å². The van der Waals surface area contributed by atoms with Gasteiger partial charge in [-0.1, -0.05) is 12.5 Å². The number of nitrogens with zero attached hydrogens (tertiary/aromatic N) is 3. The van der Waals surface area contributed by atoms with E-state index < -0.39 is 18.0 Å². The van der Waals surface area contributed by atoms with Gasteiger partial charge in [-0.3, -0.25) is 9.59 Å². The van der Waals surface area contributed by atoms with Crippen LogP contribution in [0.15, 0.2) is 30.6 Å². The van der Waals surface area contributed by atoms with Crippen LogP contribution in [0.5, 0.6) is 5.75 Å². The number of imidazole rings is 1. The number of alkyl halides is 3. The van der Waals surface area contributed by atoms with Crippen LogP contribution in [0.2, 0.25) is 0 Å². The summed E-state index contributed by atoms with van der Waals surface area (Å²) in [5, 5.41) is 3.07. The molecule has 0 unspecified atom stereocenters. The quantitative estimate of drug-likeness (QED) is 0.611. The lowest BCUT2D eigenvalue weighted by Crippen LogP contribution is -2.42. The lowest BCUT2D eigenvalue weighted by Gasteiger charge is -2.35. The van der Waals surface area contributed by atoms with E-state index in [9.17, 15) is 22.8 Å². The van der Waals surface area contributed by atoms with Gasteiger partial charge in [-0.25, -0.2) is 4.98 Å².